The Morgan fingerprint density at radius 3 is 2.39 bits per heavy atom. The first-order valence-electron chi connectivity index (χ1n) is 7.18. The lowest BCUT2D eigenvalue weighted by Crippen LogP contribution is -2.27. The summed E-state index contributed by atoms with van der Waals surface area (Å²) in [6.07, 6.45) is 0.774. The van der Waals surface area contributed by atoms with Crippen molar-refractivity contribution in [3.63, 3.8) is 0 Å². The largest absolute Gasteiger partial charge is 0.444 e. The minimum atomic E-state index is -0.725. The van der Waals surface area contributed by atoms with E-state index in [-0.39, 0.29) is 5.91 Å². The first kappa shape index (κ1) is 22.1. The van der Waals surface area contributed by atoms with Gasteiger partial charge in [-0.15, -0.1) is 11.3 Å². The molecule has 0 radical (unpaired) electrons. The van der Waals surface area contributed by atoms with Gasteiger partial charge in [0.1, 0.15) is 5.60 Å². The van der Waals surface area contributed by atoms with Gasteiger partial charge in [0.05, 0.1) is 9.23 Å². The summed E-state index contributed by atoms with van der Waals surface area (Å²) in [6, 6.07) is 1.83. The average Bonchev–Trinajstić information content (AvgIpc) is 2.77. The maximum Gasteiger partial charge on any atom is 0.405 e. The third-order valence-electron chi connectivity index (χ3n) is 2.20. The van der Waals surface area contributed by atoms with Crippen molar-refractivity contribution in [1.29, 1.82) is 0 Å². The van der Waals surface area contributed by atoms with Crippen molar-refractivity contribution < 1.29 is 14.3 Å². The molecule has 132 valence electrons. The van der Waals surface area contributed by atoms with E-state index in [4.69, 9.17) is 17.3 Å². The van der Waals surface area contributed by atoms with Crippen molar-refractivity contribution in [1.82, 2.24) is 4.72 Å². The Kier molecular flexibility index (Phi) is 10.3. The van der Waals surface area contributed by atoms with E-state index in [2.05, 4.69) is 23.3 Å². The molecule has 0 fully saturated rings. The molecule has 1 aromatic heterocycles. The molecular weight excluding hydrogens is 356 g/mol. The zero-order valence-electron chi connectivity index (χ0n) is 14.1. The smallest absolute Gasteiger partial charge is 0.405 e. The zero-order chi connectivity index (χ0) is 18.0. The Balaban J connectivity index is 0.000000515. The van der Waals surface area contributed by atoms with Crippen LogP contribution >= 0.6 is 34.9 Å². The van der Waals surface area contributed by atoms with Crippen LogP contribution in [0.15, 0.2) is 15.7 Å². The second-order valence-corrected chi connectivity index (χ2v) is 8.55. The van der Waals surface area contributed by atoms with Gasteiger partial charge in [0.2, 0.25) is 5.91 Å². The van der Waals surface area contributed by atoms with Crippen molar-refractivity contribution in [2.45, 2.75) is 57.3 Å². The van der Waals surface area contributed by atoms with E-state index >= 15 is 0 Å². The van der Waals surface area contributed by atoms with Gasteiger partial charge in [-0.1, -0.05) is 25.4 Å². The fourth-order valence-electron chi connectivity index (χ4n) is 1.23. The molecule has 1 rings (SSSR count). The standard InChI is InChI=1S/C10H14ClNOS2.C5H11NO2/c1-7(2)3-4-9(13)12-15-10-8(11)5-6-14-10;1-5(2,3)8-4(6)7/h5-7H,3-4H2,1-2H3,(H,12,13);1-3H3,(H2,6,7). The highest BCUT2D eigenvalue weighted by Crippen LogP contribution is 2.30. The number of nitrogens with two attached hydrogens (primary N) is 1. The van der Waals surface area contributed by atoms with Crippen LogP contribution < -0.4 is 10.5 Å². The Hall–Kier alpha value is -0.920. The van der Waals surface area contributed by atoms with Gasteiger partial charge < -0.3 is 10.5 Å². The summed E-state index contributed by atoms with van der Waals surface area (Å²) in [5.74, 6) is 0.629. The van der Waals surface area contributed by atoms with Crippen LogP contribution in [0.25, 0.3) is 0 Å². The maximum atomic E-state index is 11.4. The zero-order valence-corrected chi connectivity index (χ0v) is 16.5. The lowest BCUT2D eigenvalue weighted by Gasteiger charge is -2.16. The molecule has 0 aliphatic rings. The quantitative estimate of drug-likeness (QED) is 0.716. The predicted molar refractivity (Wildman–Crippen MR) is 97.8 cm³/mol. The number of halogens is 1. The molecule has 8 heteroatoms. The Bertz CT molecular complexity index is 499. The number of primary amides is 1. The van der Waals surface area contributed by atoms with Crippen LogP contribution in [0, 0.1) is 5.92 Å². The summed E-state index contributed by atoms with van der Waals surface area (Å²) >= 11 is 8.72. The van der Waals surface area contributed by atoms with Gasteiger partial charge in [-0.3, -0.25) is 9.52 Å². The van der Waals surface area contributed by atoms with Crippen LogP contribution in [0.5, 0.6) is 0 Å². The summed E-state index contributed by atoms with van der Waals surface area (Å²) < 4.78 is 8.30. The van der Waals surface area contributed by atoms with E-state index in [9.17, 15) is 9.59 Å². The molecule has 23 heavy (non-hydrogen) atoms. The van der Waals surface area contributed by atoms with Crippen LogP contribution in [0.3, 0.4) is 0 Å². The van der Waals surface area contributed by atoms with Gasteiger partial charge >= 0.3 is 6.09 Å². The molecule has 1 aromatic rings. The van der Waals surface area contributed by atoms with E-state index in [1.54, 1.807) is 20.8 Å². The summed E-state index contributed by atoms with van der Waals surface area (Å²) in [5, 5.41) is 2.61. The van der Waals surface area contributed by atoms with Crippen LogP contribution in [0.1, 0.15) is 47.5 Å². The molecule has 1 heterocycles. The minimum absolute atomic E-state index is 0.0677. The summed E-state index contributed by atoms with van der Waals surface area (Å²) in [6.45, 7) is 9.50. The number of rotatable bonds is 5. The number of nitrogens with one attached hydrogen (secondary N) is 1. The Morgan fingerprint density at radius 2 is 2.04 bits per heavy atom. The molecule has 0 unspecified atom stereocenters. The second-order valence-electron chi connectivity index (χ2n) is 6.15. The van der Waals surface area contributed by atoms with Gasteiger partial charge in [0.15, 0.2) is 0 Å². The van der Waals surface area contributed by atoms with Gasteiger partial charge in [0.25, 0.3) is 0 Å². The molecule has 0 spiro atoms. The fourth-order valence-corrected chi connectivity index (χ4v) is 3.08. The minimum Gasteiger partial charge on any atom is -0.444 e. The fraction of sp³-hybridized carbons (Fsp3) is 0.600. The van der Waals surface area contributed by atoms with Crippen molar-refractivity contribution in [2.24, 2.45) is 11.7 Å². The van der Waals surface area contributed by atoms with Gasteiger partial charge in [-0.2, -0.15) is 0 Å². The number of ether oxygens (including phenoxy) is 1. The summed E-state index contributed by atoms with van der Waals surface area (Å²) in [7, 11) is 0. The molecule has 0 aromatic carbocycles. The molecule has 5 nitrogen and oxygen atoms in total. The van der Waals surface area contributed by atoms with E-state index in [1.807, 2.05) is 11.4 Å². The molecule has 2 amide bonds. The summed E-state index contributed by atoms with van der Waals surface area (Å²) in [5.41, 5.74) is 4.26. The number of amides is 2. The molecule has 0 saturated carbocycles. The van der Waals surface area contributed by atoms with E-state index in [0.717, 1.165) is 10.6 Å². The number of carbonyl (C=O) groups excluding carboxylic acids is 2. The normalized spacial score (nSPS) is 10.7. The Morgan fingerprint density at radius 1 is 1.43 bits per heavy atom. The van der Waals surface area contributed by atoms with E-state index in [0.29, 0.717) is 17.4 Å². The highest BCUT2D eigenvalue weighted by molar-refractivity contribution is 7.99. The van der Waals surface area contributed by atoms with Crippen LogP contribution in [0.2, 0.25) is 5.02 Å². The molecular formula is C15H25ClN2O3S2. The van der Waals surface area contributed by atoms with Crippen molar-refractivity contribution in [3.8, 4) is 0 Å². The molecule has 0 saturated heterocycles. The lowest BCUT2D eigenvalue weighted by molar-refractivity contribution is -0.119. The number of carbonyl (C=O) groups is 2. The molecule has 3 N–H and O–H groups in total. The number of hydrogen-bond donors (Lipinski definition) is 2. The summed E-state index contributed by atoms with van der Waals surface area (Å²) in [4.78, 5) is 21.4. The van der Waals surface area contributed by atoms with Crippen LogP contribution in [0.4, 0.5) is 4.79 Å². The molecule has 0 aliphatic carbocycles. The van der Waals surface area contributed by atoms with Gasteiger partial charge in [0, 0.05) is 6.42 Å². The molecule has 0 bridgehead atoms. The molecule has 0 atom stereocenters. The maximum absolute atomic E-state index is 11.4. The van der Waals surface area contributed by atoms with Crippen LogP contribution in [-0.4, -0.2) is 17.6 Å². The average molecular weight is 381 g/mol. The van der Waals surface area contributed by atoms with Crippen LogP contribution in [-0.2, 0) is 9.53 Å². The van der Waals surface area contributed by atoms with E-state index in [1.165, 1.54) is 23.3 Å². The van der Waals surface area contributed by atoms with Crippen molar-refractivity contribution in [3.05, 3.63) is 16.5 Å². The van der Waals surface area contributed by atoms with Crippen molar-refractivity contribution in [2.75, 3.05) is 0 Å². The first-order chi connectivity index (χ1) is 10.5. The van der Waals surface area contributed by atoms with E-state index < -0.39 is 11.7 Å². The first-order valence-corrected chi connectivity index (χ1v) is 9.25. The monoisotopic (exact) mass is 380 g/mol. The second kappa shape index (κ2) is 10.8. The highest BCUT2D eigenvalue weighted by Gasteiger charge is 2.12. The highest BCUT2D eigenvalue weighted by atomic mass is 35.5. The Labute approximate surface area is 151 Å². The number of hydrogen-bond acceptors (Lipinski definition) is 5. The lowest BCUT2D eigenvalue weighted by atomic mass is 10.1. The van der Waals surface area contributed by atoms with Gasteiger partial charge in [-0.05, 0) is 56.5 Å². The van der Waals surface area contributed by atoms with Gasteiger partial charge in [-0.25, -0.2) is 4.79 Å². The third-order valence-corrected chi connectivity index (χ3v) is 4.72. The van der Waals surface area contributed by atoms with Crippen molar-refractivity contribution >= 4 is 46.9 Å². The SMILES string of the molecule is CC(C)(C)OC(N)=O.CC(C)CCC(=O)NSc1sccc1Cl. The number of thiophene rings is 1. The topological polar surface area (TPSA) is 81.4 Å². The molecule has 0 aliphatic heterocycles. The predicted octanol–water partition coefficient (Wildman–Crippen LogP) is 4.84. The third kappa shape index (κ3) is 13.2.